The van der Waals surface area contributed by atoms with Crippen LogP contribution >= 0.6 is 11.3 Å². The molecule has 0 bridgehead atoms. The highest BCUT2D eigenvalue weighted by molar-refractivity contribution is 7.09. The SMILES string of the molecule is CCNC(=NCc1ccc(C)cc1C)NCc1cccs1. The van der Waals surface area contributed by atoms with E-state index in [4.69, 9.17) is 0 Å². The first-order chi connectivity index (χ1) is 10.2. The maximum atomic E-state index is 4.67. The van der Waals surface area contributed by atoms with Crippen LogP contribution in [0.15, 0.2) is 40.7 Å². The molecule has 1 aromatic heterocycles. The molecule has 2 aromatic rings. The third-order valence-corrected chi connectivity index (χ3v) is 4.14. The van der Waals surface area contributed by atoms with E-state index in [9.17, 15) is 0 Å². The van der Waals surface area contributed by atoms with E-state index in [-0.39, 0.29) is 0 Å². The molecule has 4 heteroatoms. The van der Waals surface area contributed by atoms with E-state index >= 15 is 0 Å². The van der Waals surface area contributed by atoms with Crippen molar-refractivity contribution in [2.24, 2.45) is 4.99 Å². The van der Waals surface area contributed by atoms with Crippen molar-refractivity contribution in [2.75, 3.05) is 6.54 Å². The molecule has 21 heavy (non-hydrogen) atoms. The second kappa shape index (κ2) is 7.84. The second-order valence-electron chi connectivity index (χ2n) is 5.06. The minimum absolute atomic E-state index is 0.700. The Morgan fingerprint density at radius 1 is 1.19 bits per heavy atom. The number of aryl methyl sites for hydroxylation is 2. The first-order valence-electron chi connectivity index (χ1n) is 7.29. The van der Waals surface area contributed by atoms with Gasteiger partial charge in [-0.15, -0.1) is 11.3 Å². The third kappa shape index (κ3) is 4.90. The largest absolute Gasteiger partial charge is 0.357 e. The topological polar surface area (TPSA) is 36.4 Å². The number of guanidine groups is 1. The summed E-state index contributed by atoms with van der Waals surface area (Å²) in [6.07, 6.45) is 0. The van der Waals surface area contributed by atoms with Crippen LogP contribution in [0.25, 0.3) is 0 Å². The number of rotatable bonds is 5. The standard InChI is InChI=1S/C17H23N3S/c1-4-18-17(20-12-16-6-5-9-21-16)19-11-15-8-7-13(2)10-14(15)3/h5-10H,4,11-12H2,1-3H3,(H2,18,19,20). The number of nitrogens with one attached hydrogen (secondary N) is 2. The van der Waals surface area contributed by atoms with E-state index in [1.54, 1.807) is 11.3 Å². The van der Waals surface area contributed by atoms with Crippen molar-refractivity contribution in [3.63, 3.8) is 0 Å². The molecule has 0 unspecified atom stereocenters. The Labute approximate surface area is 131 Å². The monoisotopic (exact) mass is 301 g/mol. The first kappa shape index (κ1) is 15.6. The summed E-state index contributed by atoms with van der Waals surface area (Å²) < 4.78 is 0. The van der Waals surface area contributed by atoms with Gasteiger partial charge >= 0.3 is 0 Å². The molecule has 0 saturated carbocycles. The van der Waals surface area contributed by atoms with Gasteiger partial charge in [-0.3, -0.25) is 0 Å². The summed E-state index contributed by atoms with van der Waals surface area (Å²) in [6.45, 7) is 8.72. The maximum absolute atomic E-state index is 4.67. The minimum Gasteiger partial charge on any atom is -0.357 e. The van der Waals surface area contributed by atoms with Gasteiger partial charge in [0, 0.05) is 11.4 Å². The number of aliphatic imine (C=N–C) groups is 1. The molecule has 0 atom stereocenters. The molecule has 0 saturated heterocycles. The summed E-state index contributed by atoms with van der Waals surface area (Å²) in [4.78, 5) is 5.98. The summed E-state index contributed by atoms with van der Waals surface area (Å²) in [7, 11) is 0. The number of thiophene rings is 1. The molecule has 1 aromatic carbocycles. The zero-order valence-electron chi connectivity index (χ0n) is 12.9. The van der Waals surface area contributed by atoms with Crippen LogP contribution in [0.3, 0.4) is 0 Å². The summed E-state index contributed by atoms with van der Waals surface area (Å²) in [5, 5.41) is 8.76. The van der Waals surface area contributed by atoms with Crippen LogP contribution in [-0.4, -0.2) is 12.5 Å². The van der Waals surface area contributed by atoms with Crippen LogP contribution in [0.4, 0.5) is 0 Å². The molecule has 0 aliphatic heterocycles. The Morgan fingerprint density at radius 3 is 2.71 bits per heavy atom. The van der Waals surface area contributed by atoms with Gasteiger partial charge in [0.2, 0.25) is 0 Å². The van der Waals surface area contributed by atoms with Crippen molar-refractivity contribution in [3.05, 3.63) is 57.3 Å². The molecule has 0 aliphatic carbocycles. The van der Waals surface area contributed by atoms with Crippen LogP contribution in [0, 0.1) is 13.8 Å². The van der Waals surface area contributed by atoms with E-state index in [2.05, 4.69) is 72.1 Å². The van der Waals surface area contributed by atoms with Gasteiger partial charge in [-0.25, -0.2) is 4.99 Å². The van der Waals surface area contributed by atoms with Crippen molar-refractivity contribution in [1.82, 2.24) is 10.6 Å². The molecule has 2 N–H and O–H groups in total. The highest BCUT2D eigenvalue weighted by Crippen LogP contribution is 2.11. The lowest BCUT2D eigenvalue weighted by atomic mass is 10.1. The highest BCUT2D eigenvalue weighted by Gasteiger charge is 2.01. The fourth-order valence-corrected chi connectivity index (χ4v) is 2.76. The lowest BCUT2D eigenvalue weighted by molar-refractivity contribution is 0.822. The summed E-state index contributed by atoms with van der Waals surface area (Å²) in [5.41, 5.74) is 3.87. The summed E-state index contributed by atoms with van der Waals surface area (Å²) >= 11 is 1.76. The number of nitrogens with zero attached hydrogens (tertiary/aromatic N) is 1. The molecule has 2 rings (SSSR count). The highest BCUT2D eigenvalue weighted by atomic mass is 32.1. The number of benzene rings is 1. The van der Waals surface area contributed by atoms with Crippen LogP contribution in [-0.2, 0) is 13.1 Å². The zero-order chi connectivity index (χ0) is 15.1. The van der Waals surface area contributed by atoms with Crippen molar-refractivity contribution < 1.29 is 0 Å². The van der Waals surface area contributed by atoms with Crippen molar-refractivity contribution >= 4 is 17.3 Å². The van der Waals surface area contributed by atoms with Crippen LogP contribution in [0.1, 0.15) is 28.5 Å². The fourth-order valence-electron chi connectivity index (χ4n) is 2.11. The third-order valence-electron chi connectivity index (χ3n) is 3.26. The van der Waals surface area contributed by atoms with E-state index in [0.717, 1.165) is 19.0 Å². The van der Waals surface area contributed by atoms with Gasteiger partial charge in [0.25, 0.3) is 0 Å². The number of hydrogen-bond donors (Lipinski definition) is 2. The van der Waals surface area contributed by atoms with Gasteiger partial charge in [-0.2, -0.15) is 0 Å². The smallest absolute Gasteiger partial charge is 0.191 e. The Morgan fingerprint density at radius 2 is 2.05 bits per heavy atom. The average Bonchev–Trinajstić information content (AvgIpc) is 2.96. The molecule has 3 nitrogen and oxygen atoms in total. The molecular formula is C17H23N3S. The average molecular weight is 301 g/mol. The van der Waals surface area contributed by atoms with Gasteiger partial charge in [0.1, 0.15) is 0 Å². The Kier molecular flexibility index (Phi) is 5.81. The van der Waals surface area contributed by atoms with Crippen molar-refractivity contribution in [3.8, 4) is 0 Å². The Hall–Kier alpha value is -1.81. The van der Waals surface area contributed by atoms with Gasteiger partial charge in [0.15, 0.2) is 5.96 Å². The summed E-state index contributed by atoms with van der Waals surface area (Å²) in [5.74, 6) is 0.867. The van der Waals surface area contributed by atoms with Crippen LogP contribution in [0.2, 0.25) is 0 Å². The summed E-state index contributed by atoms with van der Waals surface area (Å²) in [6, 6.07) is 10.7. The normalized spacial score (nSPS) is 11.5. The molecular weight excluding hydrogens is 278 g/mol. The second-order valence-corrected chi connectivity index (χ2v) is 6.09. The minimum atomic E-state index is 0.700. The van der Waals surface area contributed by atoms with Crippen molar-refractivity contribution in [1.29, 1.82) is 0 Å². The van der Waals surface area contributed by atoms with Gasteiger partial charge < -0.3 is 10.6 Å². The van der Waals surface area contributed by atoms with Gasteiger partial charge in [-0.1, -0.05) is 29.8 Å². The van der Waals surface area contributed by atoms with Crippen molar-refractivity contribution in [2.45, 2.75) is 33.9 Å². The number of hydrogen-bond acceptors (Lipinski definition) is 2. The molecule has 0 fully saturated rings. The van der Waals surface area contributed by atoms with E-state index in [1.165, 1.54) is 21.6 Å². The molecule has 0 amide bonds. The Bertz CT molecular complexity index is 588. The lowest BCUT2D eigenvalue weighted by Gasteiger charge is -2.11. The maximum Gasteiger partial charge on any atom is 0.191 e. The van der Waals surface area contributed by atoms with E-state index in [0.29, 0.717) is 6.54 Å². The van der Waals surface area contributed by atoms with E-state index < -0.39 is 0 Å². The van der Waals surface area contributed by atoms with Crippen LogP contribution < -0.4 is 10.6 Å². The van der Waals surface area contributed by atoms with E-state index in [1.807, 2.05) is 0 Å². The van der Waals surface area contributed by atoms with Gasteiger partial charge in [-0.05, 0) is 43.3 Å². The molecule has 0 radical (unpaired) electrons. The quantitative estimate of drug-likeness (QED) is 0.653. The predicted octanol–water partition coefficient (Wildman–Crippen LogP) is 3.62. The molecule has 0 spiro atoms. The molecule has 1 heterocycles. The lowest BCUT2D eigenvalue weighted by Crippen LogP contribution is -2.36. The van der Waals surface area contributed by atoms with Crippen LogP contribution in [0.5, 0.6) is 0 Å². The zero-order valence-corrected chi connectivity index (χ0v) is 13.8. The molecule has 0 aliphatic rings. The first-order valence-corrected chi connectivity index (χ1v) is 8.17. The van der Waals surface area contributed by atoms with Gasteiger partial charge in [0.05, 0.1) is 13.1 Å². The molecule has 112 valence electrons. The Balaban J connectivity index is 1.99. The predicted molar refractivity (Wildman–Crippen MR) is 91.9 cm³/mol. The fraction of sp³-hybridized carbons (Fsp3) is 0.353.